The number of fused-ring (bicyclic) bond motifs is 1. The molecule has 5 aromatic rings. The topological polar surface area (TPSA) is 90.6 Å². The summed E-state index contributed by atoms with van der Waals surface area (Å²) in [5.41, 5.74) is 4.27. The molecule has 3 aromatic heterocycles. The normalized spacial score (nSPS) is 10.9. The molecule has 31 heavy (non-hydrogen) atoms. The van der Waals surface area contributed by atoms with Crippen LogP contribution >= 0.6 is 0 Å². The first kappa shape index (κ1) is 18.7. The molecule has 1 N–H and O–H groups in total. The van der Waals surface area contributed by atoms with Crippen LogP contribution in [-0.2, 0) is 0 Å². The third-order valence-corrected chi connectivity index (χ3v) is 4.65. The van der Waals surface area contributed by atoms with Gasteiger partial charge in [0, 0.05) is 17.1 Å². The minimum atomic E-state index is 0.337. The van der Waals surface area contributed by atoms with Crippen LogP contribution in [0.3, 0.4) is 0 Å². The highest BCUT2D eigenvalue weighted by Crippen LogP contribution is 2.26. The zero-order chi connectivity index (χ0) is 21.2. The Hall–Kier alpha value is -4.33. The Bertz CT molecular complexity index is 1330. The summed E-state index contributed by atoms with van der Waals surface area (Å²) in [5, 5.41) is 8.64. The molecule has 0 fully saturated rings. The minimum Gasteiger partial charge on any atom is -0.424 e. The summed E-state index contributed by atoms with van der Waals surface area (Å²) in [6, 6.07) is 19.7. The highest BCUT2D eigenvalue weighted by Gasteiger charge is 2.11. The van der Waals surface area contributed by atoms with Gasteiger partial charge in [-0.3, -0.25) is 0 Å². The predicted molar refractivity (Wildman–Crippen MR) is 118 cm³/mol. The largest absolute Gasteiger partial charge is 0.424 e. The van der Waals surface area contributed by atoms with Gasteiger partial charge in [0.15, 0.2) is 5.65 Å². The first-order valence-corrected chi connectivity index (χ1v) is 9.77. The fourth-order valence-electron chi connectivity index (χ4n) is 3.29. The van der Waals surface area contributed by atoms with Crippen molar-refractivity contribution in [1.29, 1.82) is 0 Å². The van der Waals surface area contributed by atoms with Crippen molar-refractivity contribution < 1.29 is 4.74 Å². The molecule has 0 amide bonds. The lowest BCUT2D eigenvalue weighted by atomic mass is 10.3. The molecule has 3 heterocycles. The van der Waals surface area contributed by atoms with E-state index in [4.69, 9.17) is 4.74 Å². The fourth-order valence-corrected chi connectivity index (χ4v) is 3.29. The Morgan fingerprint density at radius 1 is 0.871 bits per heavy atom. The van der Waals surface area contributed by atoms with E-state index in [1.54, 1.807) is 10.9 Å². The summed E-state index contributed by atoms with van der Waals surface area (Å²) in [5.74, 6) is 1.33. The molecular weight excluding hydrogens is 390 g/mol. The summed E-state index contributed by atoms with van der Waals surface area (Å²) < 4.78 is 7.57. The van der Waals surface area contributed by atoms with E-state index in [0.29, 0.717) is 17.6 Å². The molecule has 0 aliphatic heterocycles. The van der Waals surface area contributed by atoms with Crippen molar-refractivity contribution in [3.63, 3.8) is 0 Å². The summed E-state index contributed by atoms with van der Waals surface area (Å²) in [7, 11) is 0. The van der Waals surface area contributed by atoms with Crippen LogP contribution < -0.4 is 10.1 Å². The Morgan fingerprint density at radius 2 is 1.61 bits per heavy atom. The molecule has 152 valence electrons. The molecule has 0 saturated heterocycles. The van der Waals surface area contributed by atoms with Gasteiger partial charge >= 0.3 is 6.01 Å². The zero-order valence-electron chi connectivity index (χ0n) is 17.0. The van der Waals surface area contributed by atoms with Crippen LogP contribution in [0.2, 0.25) is 0 Å². The van der Waals surface area contributed by atoms with E-state index >= 15 is 0 Å². The lowest BCUT2D eigenvalue weighted by Gasteiger charge is -2.09. The van der Waals surface area contributed by atoms with Crippen molar-refractivity contribution in [2.24, 2.45) is 0 Å². The van der Waals surface area contributed by atoms with Gasteiger partial charge in [0.2, 0.25) is 0 Å². The number of benzene rings is 2. The van der Waals surface area contributed by atoms with Crippen LogP contribution in [0.25, 0.3) is 16.7 Å². The number of nitrogens with zero attached hydrogens (tertiary/aromatic N) is 6. The quantitative estimate of drug-likeness (QED) is 0.447. The number of aromatic nitrogens is 6. The second kappa shape index (κ2) is 7.83. The monoisotopic (exact) mass is 409 g/mol. The average Bonchev–Trinajstić information content (AvgIpc) is 3.20. The van der Waals surface area contributed by atoms with E-state index in [-0.39, 0.29) is 0 Å². The molecule has 0 aliphatic carbocycles. The lowest BCUT2D eigenvalue weighted by Crippen LogP contribution is -1.99. The van der Waals surface area contributed by atoms with Crippen LogP contribution in [0.4, 0.5) is 11.5 Å². The van der Waals surface area contributed by atoms with Crippen LogP contribution in [0.5, 0.6) is 11.8 Å². The molecule has 0 atom stereocenters. The number of ether oxygens (including phenoxy) is 1. The number of nitrogens with one attached hydrogen (secondary N) is 1. The zero-order valence-corrected chi connectivity index (χ0v) is 17.0. The van der Waals surface area contributed by atoms with Gasteiger partial charge in [0.1, 0.15) is 17.9 Å². The van der Waals surface area contributed by atoms with Gasteiger partial charge in [0.05, 0.1) is 17.3 Å². The smallest absolute Gasteiger partial charge is 0.322 e. The number of aryl methyl sites for hydroxylation is 2. The van der Waals surface area contributed by atoms with Crippen molar-refractivity contribution in [1.82, 2.24) is 29.7 Å². The SMILES string of the molecule is Cc1cc(C)nc(Oc2ccc(Nc3ncnc4c3cnn4-c3ccccc3)cc2)n1. The Balaban J connectivity index is 1.38. The first-order valence-electron chi connectivity index (χ1n) is 9.77. The molecule has 5 rings (SSSR count). The van der Waals surface area contributed by atoms with E-state index in [0.717, 1.165) is 33.8 Å². The number of anilines is 2. The number of hydrogen-bond acceptors (Lipinski definition) is 7. The van der Waals surface area contributed by atoms with Gasteiger partial charge in [0.25, 0.3) is 0 Å². The van der Waals surface area contributed by atoms with Crippen molar-refractivity contribution in [2.45, 2.75) is 13.8 Å². The summed E-state index contributed by atoms with van der Waals surface area (Å²) in [6.45, 7) is 3.83. The van der Waals surface area contributed by atoms with E-state index in [2.05, 4.69) is 30.4 Å². The Labute approximate surface area is 178 Å². The average molecular weight is 409 g/mol. The molecular formula is C23H19N7O. The minimum absolute atomic E-state index is 0.337. The van der Waals surface area contributed by atoms with Gasteiger partial charge < -0.3 is 10.1 Å². The predicted octanol–water partition coefficient (Wildman–Crippen LogP) is 4.76. The van der Waals surface area contributed by atoms with Gasteiger partial charge in [-0.1, -0.05) is 18.2 Å². The second-order valence-electron chi connectivity index (χ2n) is 7.04. The van der Waals surface area contributed by atoms with E-state index < -0.39 is 0 Å². The van der Waals surface area contributed by atoms with E-state index in [1.165, 1.54) is 6.33 Å². The maximum absolute atomic E-state index is 5.78. The highest BCUT2D eigenvalue weighted by atomic mass is 16.5. The molecule has 0 bridgehead atoms. The standard InChI is InChI=1S/C23H19N7O/c1-15-12-16(2)28-23(27-15)31-19-10-8-17(9-11-19)29-21-20-13-26-30(22(20)25-14-24-21)18-6-4-3-5-7-18/h3-14H,1-2H3,(H,24,25,29). The third-order valence-electron chi connectivity index (χ3n) is 4.65. The van der Waals surface area contributed by atoms with Gasteiger partial charge in [-0.2, -0.15) is 5.10 Å². The summed E-state index contributed by atoms with van der Waals surface area (Å²) in [6.07, 6.45) is 3.29. The van der Waals surface area contributed by atoms with Crippen LogP contribution in [0.15, 0.2) is 73.2 Å². The van der Waals surface area contributed by atoms with Crippen molar-refractivity contribution in [2.75, 3.05) is 5.32 Å². The van der Waals surface area contributed by atoms with Crippen LogP contribution in [0, 0.1) is 13.8 Å². The molecule has 0 radical (unpaired) electrons. The van der Waals surface area contributed by atoms with E-state index in [9.17, 15) is 0 Å². The maximum atomic E-state index is 5.78. The van der Waals surface area contributed by atoms with E-state index in [1.807, 2.05) is 74.5 Å². The van der Waals surface area contributed by atoms with Crippen LogP contribution in [0.1, 0.15) is 11.4 Å². The highest BCUT2D eigenvalue weighted by molar-refractivity contribution is 5.89. The molecule has 8 heteroatoms. The second-order valence-corrected chi connectivity index (χ2v) is 7.04. The molecule has 0 aliphatic rings. The van der Waals surface area contributed by atoms with Crippen molar-refractivity contribution >= 4 is 22.5 Å². The molecule has 0 spiro atoms. The van der Waals surface area contributed by atoms with Crippen molar-refractivity contribution in [3.05, 3.63) is 84.6 Å². The maximum Gasteiger partial charge on any atom is 0.322 e. The molecule has 0 saturated carbocycles. The molecule has 0 unspecified atom stereocenters. The fraction of sp³-hybridized carbons (Fsp3) is 0.0870. The molecule has 8 nitrogen and oxygen atoms in total. The van der Waals surface area contributed by atoms with Gasteiger partial charge in [-0.05, 0) is 56.3 Å². The van der Waals surface area contributed by atoms with Gasteiger partial charge in [-0.15, -0.1) is 0 Å². The number of rotatable bonds is 5. The first-order chi connectivity index (χ1) is 15.2. The molecule has 2 aromatic carbocycles. The van der Waals surface area contributed by atoms with Gasteiger partial charge in [-0.25, -0.2) is 24.6 Å². The lowest BCUT2D eigenvalue weighted by molar-refractivity contribution is 0.439. The third kappa shape index (κ3) is 3.91. The summed E-state index contributed by atoms with van der Waals surface area (Å²) in [4.78, 5) is 17.4. The Morgan fingerprint density at radius 3 is 2.35 bits per heavy atom. The number of para-hydroxylation sites is 1. The summed E-state index contributed by atoms with van der Waals surface area (Å²) >= 11 is 0. The number of hydrogen-bond donors (Lipinski definition) is 1. The Kier molecular flexibility index (Phi) is 4.72. The van der Waals surface area contributed by atoms with Crippen LogP contribution in [-0.4, -0.2) is 29.7 Å². The van der Waals surface area contributed by atoms with Crippen molar-refractivity contribution in [3.8, 4) is 17.4 Å².